The van der Waals surface area contributed by atoms with Gasteiger partial charge in [-0.05, 0) is 17.7 Å². The van der Waals surface area contributed by atoms with Gasteiger partial charge in [-0.15, -0.1) is 0 Å². The molecule has 2 nitrogen and oxygen atoms in total. The van der Waals surface area contributed by atoms with Crippen LogP contribution >= 0.6 is 0 Å². The zero-order valence-corrected chi connectivity index (χ0v) is 11.2. The lowest BCUT2D eigenvalue weighted by Gasteiger charge is -2.37. The average molecular weight is 330 g/mol. The van der Waals surface area contributed by atoms with E-state index in [1.807, 2.05) is 0 Å². The van der Waals surface area contributed by atoms with Crippen LogP contribution in [0.4, 0.5) is 30.7 Å². The largest absolute Gasteiger partial charge is 0.416 e. The second-order valence-corrected chi connectivity index (χ2v) is 4.96. The van der Waals surface area contributed by atoms with Crippen molar-refractivity contribution in [3.05, 3.63) is 35.1 Å². The molecule has 0 bridgehead atoms. The van der Waals surface area contributed by atoms with Gasteiger partial charge in [-0.1, -0.05) is 6.07 Å². The molecule has 124 valence electrons. The lowest BCUT2D eigenvalue weighted by atomic mass is 9.97. The quantitative estimate of drug-likeness (QED) is 0.837. The summed E-state index contributed by atoms with van der Waals surface area (Å²) < 4.78 is 92.0. The minimum atomic E-state index is -5.06. The number of nitrogens with one attached hydrogen (secondary N) is 1. The lowest BCUT2D eigenvalue weighted by Crippen LogP contribution is -2.49. The monoisotopic (exact) mass is 330 g/mol. The molecule has 1 N–H and O–H groups in total. The second-order valence-electron chi connectivity index (χ2n) is 4.96. The Morgan fingerprint density at radius 3 is 2.09 bits per heavy atom. The topological polar surface area (TPSA) is 15.3 Å². The maximum absolute atomic E-state index is 13.3. The number of nitrogens with zero attached hydrogens (tertiary/aromatic N) is 1. The van der Waals surface area contributed by atoms with E-state index in [0.717, 1.165) is 4.90 Å². The molecule has 1 atom stereocenters. The molecular formula is C13H13F7N2. The maximum Gasteiger partial charge on any atom is 0.416 e. The van der Waals surface area contributed by atoms with Crippen LogP contribution in [0.1, 0.15) is 17.2 Å². The smallest absolute Gasteiger partial charge is 0.314 e. The number of piperazine rings is 1. The Morgan fingerprint density at radius 2 is 1.59 bits per heavy atom. The van der Waals surface area contributed by atoms with E-state index in [1.54, 1.807) is 0 Å². The van der Waals surface area contributed by atoms with Crippen LogP contribution in [0, 0.1) is 5.82 Å². The average Bonchev–Trinajstić information content (AvgIpc) is 2.39. The number of benzene rings is 1. The van der Waals surface area contributed by atoms with Gasteiger partial charge in [0.15, 0.2) is 0 Å². The van der Waals surface area contributed by atoms with Gasteiger partial charge in [0.25, 0.3) is 0 Å². The zero-order chi connectivity index (χ0) is 16.5. The highest BCUT2D eigenvalue weighted by molar-refractivity contribution is 5.34. The van der Waals surface area contributed by atoms with E-state index in [2.05, 4.69) is 5.32 Å². The van der Waals surface area contributed by atoms with E-state index in [0.29, 0.717) is 12.1 Å². The number of hydrogen-bond donors (Lipinski definition) is 1. The van der Waals surface area contributed by atoms with Gasteiger partial charge in [-0.2, -0.15) is 26.3 Å². The van der Waals surface area contributed by atoms with E-state index in [9.17, 15) is 30.7 Å². The van der Waals surface area contributed by atoms with Gasteiger partial charge >= 0.3 is 12.4 Å². The Hall–Kier alpha value is -1.35. The fourth-order valence-corrected chi connectivity index (χ4v) is 2.53. The van der Waals surface area contributed by atoms with Crippen molar-refractivity contribution in [2.45, 2.75) is 18.4 Å². The molecule has 1 aromatic rings. The molecule has 22 heavy (non-hydrogen) atoms. The highest BCUT2D eigenvalue weighted by atomic mass is 19.4. The van der Waals surface area contributed by atoms with Gasteiger partial charge in [-0.3, -0.25) is 4.90 Å². The lowest BCUT2D eigenvalue weighted by molar-refractivity contribution is -0.190. The molecular weight excluding hydrogens is 317 g/mol. The van der Waals surface area contributed by atoms with Crippen molar-refractivity contribution >= 4 is 0 Å². The molecule has 1 heterocycles. The van der Waals surface area contributed by atoms with Crippen molar-refractivity contribution in [2.24, 2.45) is 0 Å². The van der Waals surface area contributed by atoms with Crippen LogP contribution < -0.4 is 5.32 Å². The van der Waals surface area contributed by atoms with Crippen LogP contribution in [0.15, 0.2) is 18.2 Å². The summed E-state index contributed by atoms with van der Waals surface area (Å²) in [6.45, 7) is 0.405. The summed E-state index contributed by atoms with van der Waals surface area (Å²) >= 11 is 0. The number of alkyl halides is 6. The standard InChI is InChI=1S/C13H13F7N2/c14-8-1-2-9(10(7-8)12(15,16)17)11(13(18,19)20)22-5-3-21-4-6-22/h1-2,7,11,21H,3-6H2/t11-/m0/s1. The van der Waals surface area contributed by atoms with Crippen LogP contribution in [0.25, 0.3) is 0 Å². The Balaban J connectivity index is 2.52. The summed E-state index contributed by atoms with van der Waals surface area (Å²) in [5.41, 5.74) is -2.56. The van der Waals surface area contributed by atoms with Crippen molar-refractivity contribution in [3.8, 4) is 0 Å². The van der Waals surface area contributed by atoms with Crippen LogP contribution in [-0.2, 0) is 6.18 Å². The van der Waals surface area contributed by atoms with Crippen LogP contribution in [0.5, 0.6) is 0 Å². The van der Waals surface area contributed by atoms with Gasteiger partial charge in [0.2, 0.25) is 0 Å². The van der Waals surface area contributed by atoms with Gasteiger partial charge in [0.05, 0.1) is 5.56 Å². The van der Waals surface area contributed by atoms with Gasteiger partial charge in [0.1, 0.15) is 11.9 Å². The SMILES string of the molecule is Fc1ccc([C@H](N2CCNCC2)C(F)(F)F)c(C(F)(F)F)c1. The molecule has 1 aromatic carbocycles. The third kappa shape index (κ3) is 3.70. The first-order chi connectivity index (χ1) is 10.1. The predicted octanol–water partition coefficient (Wildman–Crippen LogP) is 3.35. The third-order valence-corrected chi connectivity index (χ3v) is 3.44. The Bertz CT molecular complexity index is 518. The molecule has 1 aliphatic heterocycles. The maximum atomic E-state index is 13.3. The minimum absolute atomic E-state index is 0.0428. The summed E-state index contributed by atoms with van der Waals surface area (Å²) in [6, 6.07) is -1.12. The fourth-order valence-electron chi connectivity index (χ4n) is 2.53. The van der Waals surface area contributed by atoms with Crippen molar-refractivity contribution < 1.29 is 30.7 Å². The van der Waals surface area contributed by atoms with E-state index in [1.165, 1.54) is 0 Å². The highest BCUT2D eigenvalue weighted by Crippen LogP contribution is 2.43. The fraction of sp³-hybridized carbons (Fsp3) is 0.538. The van der Waals surface area contributed by atoms with Gasteiger partial charge in [0, 0.05) is 26.2 Å². The molecule has 1 fully saturated rings. The zero-order valence-electron chi connectivity index (χ0n) is 11.2. The molecule has 1 aliphatic rings. The molecule has 0 unspecified atom stereocenters. The summed E-state index contributed by atoms with van der Waals surface area (Å²) in [5, 5.41) is 2.84. The van der Waals surface area contributed by atoms with Crippen molar-refractivity contribution in [2.75, 3.05) is 26.2 Å². The van der Waals surface area contributed by atoms with Crippen molar-refractivity contribution in [1.29, 1.82) is 0 Å². The molecule has 0 aromatic heterocycles. The normalized spacial score (nSPS) is 19.2. The molecule has 0 aliphatic carbocycles. The highest BCUT2D eigenvalue weighted by Gasteiger charge is 2.48. The first kappa shape index (κ1) is 17.0. The van der Waals surface area contributed by atoms with Crippen LogP contribution in [0.2, 0.25) is 0 Å². The molecule has 0 amide bonds. The Morgan fingerprint density at radius 1 is 1.00 bits per heavy atom. The third-order valence-electron chi connectivity index (χ3n) is 3.44. The molecule has 1 saturated heterocycles. The van der Waals surface area contributed by atoms with Crippen molar-refractivity contribution in [1.82, 2.24) is 10.2 Å². The predicted molar refractivity (Wildman–Crippen MR) is 64.6 cm³/mol. The molecule has 0 radical (unpaired) electrons. The van der Waals surface area contributed by atoms with Crippen molar-refractivity contribution in [3.63, 3.8) is 0 Å². The van der Waals surface area contributed by atoms with Gasteiger partial charge in [-0.25, -0.2) is 4.39 Å². The summed E-state index contributed by atoms with van der Waals surface area (Å²) in [6.07, 6.45) is -9.95. The summed E-state index contributed by atoms with van der Waals surface area (Å²) in [7, 11) is 0. The number of rotatable bonds is 2. The van der Waals surface area contributed by atoms with E-state index >= 15 is 0 Å². The first-order valence-corrected chi connectivity index (χ1v) is 6.49. The molecule has 2 rings (SSSR count). The number of halogens is 7. The van der Waals surface area contributed by atoms with E-state index in [-0.39, 0.29) is 32.2 Å². The van der Waals surface area contributed by atoms with Gasteiger partial charge < -0.3 is 5.32 Å². The second kappa shape index (κ2) is 6.04. The molecule has 9 heteroatoms. The van der Waals surface area contributed by atoms with Crippen LogP contribution in [-0.4, -0.2) is 37.3 Å². The summed E-state index contributed by atoms with van der Waals surface area (Å²) in [4.78, 5) is 0.930. The first-order valence-electron chi connectivity index (χ1n) is 6.49. The number of hydrogen-bond acceptors (Lipinski definition) is 2. The Labute approximate surface area is 121 Å². The summed E-state index contributed by atoms with van der Waals surface area (Å²) in [5.74, 6) is -1.22. The van der Waals surface area contributed by atoms with E-state index in [4.69, 9.17) is 0 Å². The van der Waals surface area contributed by atoms with Crippen LogP contribution in [0.3, 0.4) is 0 Å². The molecule has 0 spiro atoms. The van der Waals surface area contributed by atoms with E-state index < -0.39 is 35.3 Å². The Kier molecular flexibility index (Phi) is 4.67. The molecule has 0 saturated carbocycles. The minimum Gasteiger partial charge on any atom is -0.314 e.